The first kappa shape index (κ1) is 26.0. The number of rotatable bonds is 6. The van der Waals surface area contributed by atoms with Crippen molar-refractivity contribution in [1.82, 2.24) is 15.6 Å². The second kappa shape index (κ2) is 11.0. The Labute approximate surface area is 235 Å². The summed E-state index contributed by atoms with van der Waals surface area (Å²) in [5.41, 5.74) is 4.79. The maximum Gasteiger partial charge on any atom is 0.272 e. The van der Waals surface area contributed by atoms with Crippen molar-refractivity contribution in [3.05, 3.63) is 93.6 Å². The number of methoxy groups -OCH3 is 1. The number of aliphatic imine (C=N–C) groups is 1. The van der Waals surface area contributed by atoms with E-state index in [2.05, 4.69) is 15.6 Å². The number of carbonyl (C=O) groups is 1. The molecule has 5 rings (SSSR count). The summed E-state index contributed by atoms with van der Waals surface area (Å²) in [5.74, 6) is 0.541. The van der Waals surface area contributed by atoms with E-state index in [1.807, 2.05) is 42.6 Å². The van der Waals surface area contributed by atoms with Crippen molar-refractivity contribution < 1.29 is 9.53 Å². The van der Waals surface area contributed by atoms with E-state index >= 15 is 0 Å². The van der Waals surface area contributed by atoms with Crippen molar-refractivity contribution in [1.29, 1.82) is 0 Å². The van der Waals surface area contributed by atoms with Gasteiger partial charge in [0.25, 0.3) is 5.91 Å². The molecule has 10 heteroatoms. The molecule has 0 spiro atoms. The maximum absolute atomic E-state index is 13.4. The van der Waals surface area contributed by atoms with Crippen LogP contribution in [0.1, 0.15) is 16.7 Å². The molecular weight excluding hydrogens is 541 g/mol. The first-order valence-corrected chi connectivity index (χ1v) is 13.1. The smallest absolute Gasteiger partial charge is 0.272 e. The third-order valence-electron chi connectivity index (χ3n) is 6.45. The Morgan fingerprint density at radius 1 is 1.13 bits per heavy atom. The number of anilines is 1. The molecule has 0 radical (unpaired) electrons. The number of benzodiazepines with no additional fused rings is 1. The molecule has 0 bridgehead atoms. The highest BCUT2D eigenvalue weighted by atomic mass is 35.5. The van der Waals surface area contributed by atoms with E-state index in [9.17, 15) is 4.79 Å². The topological polar surface area (TPSA) is 81.8 Å². The number of aromatic nitrogens is 1. The van der Waals surface area contributed by atoms with Gasteiger partial charge >= 0.3 is 0 Å². The number of carbonyl (C=O) groups excluding carboxylic acids is 1. The van der Waals surface area contributed by atoms with Crippen molar-refractivity contribution in [2.45, 2.75) is 12.6 Å². The lowest BCUT2D eigenvalue weighted by Crippen LogP contribution is -2.49. The van der Waals surface area contributed by atoms with Gasteiger partial charge in [0.15, 0.2) is 5.11 Å². The van der Waals surface area contributed by atoms with Gasteiger partial charge in [-0.3, -0.25) is 4.79 Å². The van der Waals surface area contributed by atoms with Gasteiger partial charge in [-0.2, -0.15) is 0 Å². The maximum atomic E-state index is 13.4. The number of aromatic amines is 1. The zero-order valence-corrected chi connectivity index (χ0v) is 23.0. The zero-order valence-electron chi connectivity index (χ0n) is 20.7. The van der Waals surface area contributed by atoms with Crippen LogP contribution in [0.4, 0.5) is 5.69 Å². The second-order valence-electron chi connectivity index (χ2n) is 8.79. The van der Waals surface area contributed by atoms with E-state index in [1.165, 1.54) is 0 Å². The molecule has 0 fully saturated rings. The largest absolute Gasteiger partial charge is 0.497 e. The molecule has 1 aliphatic heterocycles. The van der Waals surface area contributed by atoms with E-state index in [0.29, 0.717) is 44.2 Å². The lowest BCUT2D eigenvalue weighted by Gasteiger charge is -2.22. The molecule has 3 N–H and O–H groups in total. The predicted molar refractivity (Wildman–Crippen MR) is 158 cm³/mol. The van der Waals surface area contributed by atoms with Crippen molar-refractivity contribution in [2.75, 3.05) is 25.6 Å². The molecule has 0 aliphatic carbocycles. The Kier molecular flexibility index (Phi) is 7.56. The number of halogens is 2. The van der Waals surface area contributed by atoms with Crippen LogP contribution in [0, 0.1) is 0 Å². The molecule has 38 heavy (non-hydrogen) atoms. The fourth-order valence-corrected chi connectivity index (χ4v) is 5.10. The van der Waals surface area contributed by atoms with Gasteiger partial charge in [-0.1, -0.05) is 41.4 Å². The molecule has 2 heterocycles. The molecule has 1 atom stereocenters. The van der Waals surface area contributed by atoms with Crippen molar-refractivity contribution >= 4 is 68.7 Å². The monoisotopic (exact) mass is 565 g/mol. The second-order valence-corrected chi connectivity index (χ2v) is 10.0. The first-order chi connectivity index (χ1) is 18.4. The number of nitrogens with zero attached hydrogens (tertiary/aromatic N) is 2. The Morgan fingerprint density at radius 2 is 1.95 bits per heavy atom. The summed E-state index contributed by atoms with van der Waals surface area (Å²) in [6.45, 7) is 0.568. The SMILES string of the molecule is COc1ccc2c(CCNC(=S)NC3N=C(c4ccccc4Cl)c4cc(Cl)ccc4N(C)C3=O)c[nH]c2c1. The Bertz CT molecular complexity index is 1570. The number of hydrogen-bond donors (Lipinski definition) is 3. The number of benzene rings is 3. The normalized spacial score (nSPS) is 15.1. The average molecular weight is 567 g/mol. The van der Waals surface area contributed by atoms with Crippen LogP contribution < -0.4 is 20.3 Å². The first-order valence-electron chi connectivity index (χ1n) is 11.9. The molecular formula is C28H25Cl2N5O2S. The predicted octanol–water partition coefficient (Wildman–Crippen LogP) is 5.33. The molecule has 1 aromatic heterocycles. The number of ether oxygens (including phenoxy) is 1. The van der Waals surface area contributed by atoms with Crippen LogP contribution in [0.25, 0.3) is 10.9 Å². The molecule has 1 amide bonds. The molecule has 0 saturated carbocycles. The highest BCUT2D eigenvalue weighted by Gasteiger charge is 2.31. The Morgan fingerprint density at radius 3 is 2.74 bits per heavy atom. The molecule has 1 unspecified atom stereocenters. The molecule has 1 aliphatic rings. The average Bonchev–Trinajstić information content (AvgIpc) is 3.28. The summed E-state index contributed by atoms with van der Waals surface area (Å²) in [4.78, 5) is 23.1. The molecule has 0 saturated heterocycles. The summed E-state index contributed by atoms with van der Waals surface area (Å²) in [6, 6.07) is 18.6. The van der Waals surface area contributed by atoms with Crippen LogP contribution in [0.5, 0.6) is 5.75 Å². The molecule has 3 aromatic carbocycles. The zero-order chi connectivity index (χ0) is 26.8. The summed E-state index contributed by atoms with van der Waals surface area (Å²) in [7, 11) is 3.35. The third kappa shape index (κ3) is 5.20. The van der Waals surface area contributed by atoms with Gasteiger partial charge in [-0.15, -0.1) is 0 Å². The number of likely N-dealkylation sites (N-methyl/N-ethyl adjacent to an activating group) is 1. The number of nitrogens with one attached hydrogen (secondary N) is 3. The minimum Gasteiger partial charge on any atom is -0.497 e. The number of H-pyrrole nitrogens is 1. The summed E-state index contributed by atoms with van der Waals surface area (Å²) >= 11 is 18.4. The highest BCUT2D eigenvalue weighted by Crippen LogP contribution is 2.32. The third-order valence-corrected chi connectivity index (χ3v) is 7.28. The lowest BCUT2D eigenvalue weighted by atomic mass is 10.00. The summed E-state index contributed by atoms with van der Waals surface area (Å²) in [5, 5.41) is 8.78. The number of thiocarbonyl (C=S) groups is 1. The van der Waals surface area contributed by atoms with Crippen LogP contribution in [0.15, 0.2) is 71.9 Å². The summed E-state index contributed by atoms with van der Waals surface area (Å²) < 4.78 is 5.30. The van der Waals surface area contributed by atoms with E-state index in [-0.39, 0.29) is 5.91 Å². The van der Waals surface area contributed by atoms with Crippen molar-refractivity contribution in [3.63, 3.8) is 0 Å². The van der Waals surface area contributed by atoms with E-state index in [4.69, 9.17) is 45.1 Å². The van der Waals surface area contributed by atoms with Gasteiger partial charge < -0.3 is 25.3 Å². The van der Waals surface area contributed by atoms with Gasteiger partial charge in [0, 0.05) is 57.9 Å². The van der Waals surface area contributed by atoms with Gasteiger partial charge in [0.1, 0.15) is 5.75 Å². The van der Waals surface area contributed by atoms with Crippen LogP contribution in [-0.2, 0) is 11.2 Å². The number of amides is 1. The standard InChI is InChI=1S/C28H25Cl2N5O2S/c1-35-24-10-7-17(29)13-21(24)25(20-5-3-4-6-22(20)30)33-26(27(35)36)34-28(38)31-12-11-16-15-32-23-14-18(37-2)8-9-19(16)23/h3-10,13-15,26,32H,11-12H2,1-2H3,(H2,31,34,38). The van der Waals surface area contributed by atoms with Crippen molar-refractivity contribution in [2.24, 2.45) is 4.99 Å². The quantitative estimate of drug-likeness (QED) is 0.275. The molecule has 7 nitrogen and oxygen atoms in total. The molecule has 194 valence electrons. The highest BCUT2D eigenvalue weighted by molar-refractivity contribution is 7.80. The Hall–Kier alpha value is -3.59. The van der Waals surface area contributed by atoms with Crippen LogP contribution in [0.2, 0.25) is 10.0 Å². The molecule has 4 aromatic rings. The van der Waals surface area contributed by atoms with Crippen LogP contribution in [-0.4, -0.2) is 48.6 Å². The number of hydrogen-bond acceptors (Lipinski definition) is 4. The van der Waals surface area contributed by atoms with Gasteiger partial charge in [-0.25, -0.2) is 4.99 Å². The number of fused-ring (bicyclic) bond motifs is 2. The summed E-state index contributed by atoms with van der Waals surface area (Å²) in [6.07, 6.45) is 1.75. The minimum atomic E-state index is -0.960. The van der Waals surface area contributed by atoms with Crippen LogP contribution in [0.3, 0.4) is 0 Å². The van der Waals surface area contributed by atoms with Gasteiger partial charge in [0.05, 0.1) is 18.5 Å². The minimum absolute atomic E-state index is 0.259. The van der Waals surface area contributed by atoms with Gasteiger partial charge in [0.2, 0.25) is 6.17 Å². The lowest BCUT2D eigenvalue weighted by molar-refractivity contribution is -0.119. The van der Waals surface area contributed by atoms with Crippen molar-refractivity contribution in [3.8, 4) is 5.75 Å². The Balaban J connectivity index is 1.35. The fraction of sp³-hybridized carbons (Fsp3) is 0.179. The van der Waals surface area contributed by atoms with E-state index in [0.717, 1.165) is 28.6 Å². The van der Waals surface area contributed by atoms with E-state index < -0.39 is 6.17 Å². The van der Waals surface area contributed by atoms with E-state index in [1.54, 1.807) is 43.3 Å². The van der Waals surface area contributed by atoms with Gasteiger partial charge in [-0.05, 0) is 60.6 Å². The van der Waals surface area contributed by atoms with Crippen LogP contribution >= 0.6 is 35.4 Å². The fourth-order valence-electron chi connectivity index (χ4n) is 4.49.